The van der Waals surface area contributed by atoms with Crippen LogP contribution in [0.25, 0.3) is 0 Å². The molecule has 0 aliphatic carbocycles. The van der Waals surface area contributed by atoms with Crippen molar-refractivity contribution in [1.29, 1.82) is 0 Å². The second-order valence-corrected chi connectivity index (χ2v) is 12.5. The highest BCUT2D eigenvalue weighted by molar-refractivity contribution is 8.77. The molecule has 0 radical (unpaired) electrons. The van der Waals surface area contributed by atoms with E-state index in [0.717, 1.165) is 10.1 Å². The lowest BCUT2D eigenvalue weighted by Gasteiger charge is -2.36. The van der Waals surface area contributed by atoms with Crippen LogP contribution in [0, 0.1) is 4.32 Å². The zero-order valence-electron chi connectivity index (χ0n) is 13.4. The molecule has 0 fully saturated rings. The summed E-state index contributed by atoms with van der Waals surface area (Å²) in [5, 5.41) is 0. The molecule has 0 heterocycles. The highest BCUT2D eigenvalue weighted by Crippen LogP contribution is 2.67. The first-order chi connectivity index (χ1) is 9.26. The average Bonchev–Trinajstić information content (AvgIpc) is 2.31. The van der Waals surface area contributed by atoms with Gasteiger partial charge in [-0.1, -0.05) is 22.1 Å². The molecule has 0 aliphatic heterocycles. The lowest BCUT2D eigenvalue weighted by molar-refractivity contribution is 0.147. The van der Waals surface area contributed by atoms with Crippen LogP contribution >= 0.6 is 30.2 Å². The zero-order chi connectivity index (χ0) is 15.8. The van der Waals surface area contributed by atoms with Gasteiger partial charge in [0, 0.05) is 6.26 Å². The summed E-state index contributed by atoms with van der Waals surface area (Å²) in [5.41, 5.74) is 0. The van der Waals surface area contributed by atoms with Crippen molar-refractivity contribution < 1.29 is 13.6 Å². The summed E-state index contributed by atoms with van der Waals surface area (Å²) in [6, 6.07) is 0. The fourth-order valence-corrected chi connectivity index (χ4v) is 9.64. The van der Waals surface area contributed by atoms with Crippen molar-refractivity contribution in [3.63, 3.8) is 0 Å². The topological polar surface area (TPSA) is 35.5 Å². The van der Waals surface area contributed by atoms with Gasteiger partial charge in [-0.15, -0.1) is 0 Å². The van der Waals surface area contributed by atoms with Crippen molar-refractivity contribution in [1.82, 2.24) is 0 Å². The van der Waals surface area contributed by atoms with Crippen molar-refractivity contribution in [3.8, 4) is 0 Å². The number of rotatable bonds is 10. The van der Waals surface area contributed by atoms with Crippen molar-refractivity contribution in [3.05, 3.63) is 16.5 Å². The zero-order valence-corrected chi connectivity index (χ0v) is 16.8. The van der Waals surface area contributed by atoms with Crippen LogP contribution in [0.15, 0.2) is 12.2 Å². The van der Waals surface area contributed by atoms with Crippen molar-refractivity contribution in [2.24, 2.45) is 0 Å². The quantitative estimate of drug-likeness (QED) is 0.174. The van der Waals surface area contributed by atoms with E-state index in [-0.39, 0.29) is 22.1 Å². The van der Waals surface area contributed by atoms with Gasteiger partial charge in [0.05, 0.1) is 33.6 Å². The number of hydrogen-bond donors (Lipinski definition) is 0. The fourth-order valence-electron chi connectivity index (χ4n) is 1.27. The Kier molecular flexibility index (Phi) is 11.1. The van der Waals surface area contributed by atoms with Crippen LogP contribution in [0.1, 0.15) is 34.6 Å². The minimum Gasteiger partial charge on any atom is -0.325 e. The summed E-state index contributed by atoms with van der Waals surface area (Å²) in [5.74, 6) is 0.788. The Morgan fingerprint density at radius 1 is 1.25 bits per heavy atom. The molecule has 0 spiro atoms. The molecule has 0 aromatic carbocycles. The van der Waals surface area contributed by atoms with Crippen LogP contribution in [0.3, 0.4) is 0 Å². The molecule has 3 nitrogen and oxygen atoms in total. The van der Waals surface area contributed by atoms with E-state index in [4.69, 9.17) is 9.05 Å². The molecule has 0 aromatic rings. The maximum Gasteiger partial charge on any atom is 0.250 e. The van der Waals surface area contributed by atoms with E-state index in [9.17, 15) is 4.57 Å². The SMILES string of the molecule is C/C=C/CS[C-]([S+](C)SC)P(=O)(OC(C)C)OC(C)C. The third-order valence-corrected chi connectivity index (χ3v) is 11.7. The van der Waals surface area contributed by atoms with E-state index < -0.39 is 7.60 Å². The maximum atomic E-state index is 13.2. The third kappa shape index (κ3) is 7.81. The predicted octanol–water partition coefficient (Wildman–Crippen LogP) is 5.31. The first-order valence-corrected chi connectivity index (χ1v) is 12.5. The molecule has 0 rings (SSSR count). The van der Waals surface area contributed by atoms with Gasteiger partial charge < -0.3 is 9.05 Å². The molecular formula is C13H27O3PS3. The van der Waals surface area contributed by atoms with Crippen LogP contribution in [0.4, 0.5) is 0 Å². The molecule has 0 amide bonds. The van der Waals surface area contributed by atoms with Crippen LogP contribution in [-0.4, -0.2) is 30.5 Å². The Hall–Kier alpha value is 0.940. The van der Waals surface area contributed by atoms with Gasteiger partial charge in [-0.2, -0.15) is 0 Å². The van der Waals surface area contributed by atoms with Crippen LogP contribution in [0.2, 0.25) is 0 Å². The molecule has 0 aliphatic rings. The molecule has 0 saturated carbocycles. The molecule has 1 atom stereocenters. The van der Waals surface area contributed by atoms with Crippen LogP contribution < -0.4 is 0 Å². The Balaban J connectivity index is 5.20. The molecule has 0 aromatic heterocycles. The molecular weight excluding hydrogens is 331 g/mol. The predicted molar refractivity (Wildman–Crippen MR) is 97.4 cm³/mol. The molecule has 120 valence electrons. The largest absolute Gasteiger partial charge is 0.325 e. The summed E-state index contributed by atoms with van der Waals surface area (Å²) < 4.78 is 25.5. The Morgan fingerprint density at radius 2 is 1.75 bits per heavy atom. The first kappa shape index (κ1) is 20.9. The van der Waals surface area contributed by atoms with Crippen LogP contribution in [0.5, 0.6) is 0 Å². The molecule has 0 N–H and O–H groups in total. The second kappa shape index (κ2) is 10.6. The van der Waals surface area contributed by atoms with E-state index in [1.165, 1.54) is 0 Å². The summed E-state index contributed by atoms with van der Waals surface area (Å²) in [7, 11) is -1.70. The molecule has 20 heavy (non-hydrogen) atoms. The summed E-state index contributed by atoms with van der Waals surface area (Å²) >= 11 is 1.58. The maximum absolute atomic E-state index is 13.2. The van der Waals surface area contributed by atoms with E-state index in [0.29, 0.717) is 0 Å². The summed E-state index contributed by atoms with van der Waals surface area (Å²) in [6.45, 7) is 9.53. The standard InChI is InChI=1S/C13H27O3PS3/c1-8-9-10-19-13(20(7)18-6)17(14,15-11(2)3)16-12(4)5/h8-9,11-12H,10H2,1-7H3/b9-8+. The number of hydrogen-bond acceptors (Lipinski definition) is 5. The van der Waals surface area contributed by atoms with E-state index in [1.807, 2.05) is 47.0 Å². The van der Waals surface area contributed by atoms with E-state index >= 15 is 0 Å². The third-order valence-electron chi connectivity index (χ3n) is 1.96. The monoisotopic (exact) mass is 358 g/mol. The van der Waals surface area contributed by atoms with Gasteiger partial charge in [0.1, 0.15) is 0 Å². The van der Waals surface area contributed by atoms with Gasteiger partial charge in [-0.3, -0.25) is 16.3 Å². The summed E-state index contributed by atoms with van der Waals surface area (Å²) in [6.07, 6.45) is 7.88. The van der Waals surface area contributed by atoms with Gasteiger partial charge in [-0.05, 0) is 40.4 Å². The normalized spacial score (nSPS) is 14.9. The van der Waals surface area contributed by atoms with E-state index in [2.05, 4.69) is 12.3 Å². The second-order valence-electron chi connectivity index (χ2n) is 4.57. The molecule has 7 heteroatoms. The minimum absolute atomic E-state index is 0.129. The Labute approximate surface area is 135 Å². The fraction of sp³-hybridized carbons (Fsp3) is 0.769. The van der Waals surface area contributed by atoms with Gasteiger partial charge >= 0.3 is 0 Å². The van der Waals surface area contributed by atoms with Gasteiger partial charge in [0.25, 0.3) is 7.60 Å². The Morgan fingerprint density at radius 3 is 2.10 bits per heavy atom. The van der Waals surface area contributed by atoms with Crippen LogP contribution in [-0.2, 0) is 23.5 Å². The highest BCUT2D eigenvalue weighted by atomic mass is 33.1. The molecule has 0 bridgehead atoms. The first-order valence-electron chi connectivity index (χ1n) is 6.55. The van der Waals surface area contributed by atoms with Gasteiger partial charge in [0.2, 0.25) is 0 Å². The highest BCUT2D eigenvalue weighted by Gasteiger charge is 2.36. The lowest BCUT2D eigenvalue weighted by atomic mass is 10.5. The smallest absolute Gasteiger partial charge is 0.250 e. The molecule has 0 saturated heterocycles. The number of allylic oxidation sites excluding steroid dienone is 1. The van der Waals surface area contributed by atoms with Crippen molar-refractivity contribution >= 4 is 40.1 Å². The Bertz CT molecular complexity index is 321. The minimum atomic E-state index is -3.22. The number of thioether (sulfide) groups is 1. The van der Waals surface area contributed by atoms with Gasteiger partial charge in [-0.25, -0.2) is 0 Å². The summed E-state index contributed by atoms with van der Waals surface area (Å²) in [4.78, 5) is 0. The van der Waals surface area contributed by atoms with Gasteiger partial charge in [0.15, 0.2) is 0 Å². The average molecular weight is 359 g/mol. The lowest BCUT2D eigenvalue weighted by Crippen LogP contribution is -2.16. The van der Waals surface area contributed by atoms with E-state index in [1.54, 1.807) is 22.6 Å². The molecule has 1 unspecified atom stereocenters. The van der Waals surface area contributed by atoms with Crippen molar-refractivity contribution in [2.75, 3.05) is 18.3 Å². The van der Waals surface area contributed by atoms with Crippen molar-refractivity contribution in [2.45, 2.75) is 46.8 Å².